The number of hydrogen-bond acceptors (Lipinski definition) is 6. The predicted octanol–water partition coefficient (Wildman–Crippen LogP) is 1.35. The van der Waals surface area contributed by atoms with Crippen LogP contribution in [0.1, 0.15) is 11.1 Å². The summed E-state index contributed by atoms with van der Waals surface area (Å²) in [7, 11) is -6.31. The summed E-state index contributed by atoms with van der Waals surface area (Å²) in [6, 6.07) is 12.6. The molecule has 1 heterocycles. The van der Waals surface area contributed by atoms with E-state index in [9.17, 15) is 21.9 Å². The van der Waals surface area contributed by atoms with Gasteiger partial charge in [0.15, 0.2) is 9.84 Å². The molecule has 1 N–H and O–H groups in total. The third-order valence-corrected chi connectivity index (χ3v) is 8.34. The van der Waals surface area contributed by atoms with E-state index in [4.69, 9.17) is 4.74 Å². The molecule has 2 aromatic rings. The van der Waals surface area contributed by atoms with Gasteiger partial charge in [0.05, 0.1) is 30.8 Å². The second kappa shape index (κ2) is 7.82. The number of nitrogens with zero attached hydrogens (tertiary/aromatic N) is 1. The number of hydrogen-bond donors (Lipinski definition) is 1. The number of rotatable bonds is 6. The van der Waals surface area contributed by atoms with Crippen molar-refractivity contribution < 1.29 is 26.7 Å². The average Bonchev–Trinajstić information content (AvgIpc) is 2.92. The molecule has 1 aliphatic rings. The number of sulfone groups is 1. The Kier molecular flexibility index (Phi) is 5.81. The van der Waals surface area contributed by atoms with Crippen molar-refractivity contribution in [2.24, 2.45) is 0 Å². The summed E-state index contributed by atoms with van der Waals surface area (Å²) in [4.78, 5) is -0.0533. The van der Waals surface area contributed by atoms with Gasteiger partial charge in [-0.05, 0) is 30.2 Å². The van der Waals surface area contributed by atoms with Crippen LogP contribution in [0.15, 0.2) is 53.4 Å². The van der Waals surface area contributed by atoms with Crippen molar-refractivity contribution in [3.63, 3.8) is 0 Å². The Morgan fingerprint density at radius 2 is 1.82 bits per heavy atom. The van der Waals surface area contributed by atoms with Crippen molar-refractivity contribution in [1.82, 2.24) is 4.31 Å². The van der Waals surface area contributed by atoms with Crippen LogP contribution in [0.5, 0.6) is 5.75 Å². The lowest BCUT2D eigenvalue weighted by molar-refractivity contribution is 0.125. The molecule has 2 atom stereocenters. The Hall–Kier alpha value is -1.94. The van der Waals surface area contributed by atoms with Gasteiger partial charge in [0, 0.05) is 6.54 Å². The first-order valence-corrected chi connectivity index (χ1v) is 12.0. The molecule has 0 radical (unpaired) electrons. The zero-order valence-electron chi connectivity index (χ0n) is 15.6. The maximum absolute atomic E-state index is 13.6. The Balaban J connectivity index is 2.12. The van der Waals surface area contributed by atoms with E-state index in [2.05, 4.69) is 0 Å². The van der Waals surface area contributed by atoms with E-state index in [0.29, 0.717) is 5.56 Å². The van der Waals surface area contributed by atoms with Crippen LogP contribution in [0, 0.1) is 6.92 Å². The summed E-state index contributed by atoms with van der Waals surface area (Å²) in [5, 5.41) is 10.3. The molecule has 1 aliphatic heterocycles. The highest BCUT2D eigenvalue weighted by Gasteiger charge is 2.45. The standard InChI is InChI=1S/C19H23NO6S2/c1-14-8-9-18(26-2)19(10-14)28(24,25)20(11-15-6-4-3-5-7-15)16-12-27(22,23)13-17(16)21/h3-10,16-17,21H,11-13H2,1-2H3/t16-,17+/m0/s1. The molecule has 0 aliphatic carbocycles. The molecule has 28 heavy (non-hydrogen) atoms. The average molecular weight is 426 g/mol. The normalized spacial score (nSPS) is 21.7. The fourth-order valence-electron chi connectivity index (χ4n) is 3.34. The van der Waals surface area contributed by atoms with Gasteiger partial charge in [-0.25, -0.2) is 16.8 Å². The molecule has 3 rings (SSSR count). The minimum Gasteiger partial charge on any atom is -0.495 e. The molecule has 0 bridgehead atoms. The van der Waals surface area contributed by atoms with Crippen LogP contribution >= 0.6 is 0 Å². The van der Waals surface area contributed by atoms with Gasteiger partial charge in [-0.1, -0.05) is 36.4 Å². The van der Waals surface area contributed by atoms with Crippen molar-refractivity contribution in [2.45, 2.75) is 30.5 Å². The lowest BCUT2D eigenvalue weighted by atomic mass is 10.2. The molecule has 0 spiro atoms. The summed E-state index contributed by atoms with van der Waals surface area (Å²) in [6.45, 7) is 1.70. The number of benzene rings is 2. The third-order valence-electron chi connectivity index (χ3n) is 4.75. The van der Waals surface area contributed by atoms with Gasteiger partial charge >= 0.3 is 0 Å². The molecular weight excluding hydrogens is 402 g/mol. The summed E-state index contributed by atoms with van der Waals surface area (Å²) in [6.07, 6.45) is -1.29. The van der Waals surface area contributed by atoms with Crippen molar-refractivity contribution >= 4 is 19.9 Å². The number of methoxy groups -OCH3 is 1. The van der Waals surface area contributed by atoms with E-state index in [-0.39, 0.29) is 17.2 Å². The minimum atomic E-state index is -4.15. The highest BCUT2D eigenvalue weighted by molar-refractivity contribution is 7.92. The fraction of sp³-hybridized carbons (Fsp3) is 0.368. The largest absolute Gasteiger partial charge is 0.495 e. The highest BCUT2D eigenvalue weighted by Crippen LogP contribution is 2.32. The molecule has 152 valence electrons. The van der Waals surface area contributed by atoms with Crippen LogP contribution in [0.4, 0.5) is 0 Å². The van der Waals surface area contributed by atoms with Crippen LogP contribution in [0.25, 0.3) is 0 Å². The maximum Gasteiger partial charge on any atom is 0.247 e. The smallest absolute Gasteiger partial charge is 0.247 e. The van der Waals surface area contributed by atoms with E-state index in [1.54, 1.807) is 49.4 Å². The van der Waals surface area contributed by atoms with E-state index < -0.39 is 43.5 Å². The summed E-state index contributed by atoms with van der Waals surface area (Å²) in [5.74, 6) is -0.711. The molecule has 9 heteroatoms. The van der Waals surface area contributed by atoms with E-state index >= 15 is 0 Å². The molecule has 0 amide bonds. The first-order valence-electron chi connectivity index (χ1n) is 8.73. The minimum absolute atomic E-state index is 0.0533. The van der Waals surface area contributed by atoms with Gasteiger partial charge in [-0.15, -0.1) is 0 Å². The molecule has 1 saturated heterocycles. The van der Waals surface area contributed by atoms with Crippen LogP contribution in [-0.2, 0) is 26.4 Å². The van der Waals surface area contributed by atoms with Crippen molar-refractivity contribution in [3.05, 3.63) is 59.7 Å². The number of aryl methyl sites for hydroxylation is 1. The third kappa shape index (κ3) is 4.22. The molecule has 7 nitrogen and oxygen atoms in total. The topological polar surface area (TPSA) is 101 Å². The van der Waals surface area contributed by atoms with Gasteiger partial charge in [0.2, 0.25) is 10.0 Å². The van der Waals surface area contributed by atoms with Gasteiger partial charge in [0.1, 0.15) is 10.6 Å². The van der Waals surface area contributed by atoms with Gasteiger partial charge in [0.25, 0.3) is 0 Å². The van der Waals surface area contributed by atoms with Crippen LogP contribution in [-0.4, -0.2) is 57.0 Å². The molecule has 0 saturated carbocycles. The predicted molar refractivity (Wildman–Crippen MR) is 105 cm³/mol. The lowest BCUT2D eigenvalue weighted by Gasteiger charge is -2.30. The Morgan fingerprint density at radius 3 is 2.39 bits per heavy atom. The Bertz CT molecular complexity index is 1050. The van der Waals surface area contributed by atoms with E-state index in [1.807, 2.05) is 0 Å². The monoisotopic (exact) mass is 425 g/mol. The molecular formula is C19H23NO6S2. The van der Waals surface area contributed by atoms with Crippen LogP contribution < -0.4 is 4.74 Å². The van der Waals surface area contributed by atoms with Gasteiger partial charge < -0.3 is 9.84 Å². The second-order valence-corrected chi connectivity index (χ2v) is 10.9. The first kappa shape index (κ1) is 20.8. The van der Waals surface area contributed by atoms with Crippen molar-refractivity contribution in [1.29, 1.82) is 0 Å². The SMILES string of the molecule is COc1ccc(C)cc1S(=O)(=O)N(Cc1ccccc1)[C@H]1CS(=O)(=O)C[C@H]1O. The number of ether oxygens (including phenoxy) is 1. The van der Waals surface area contributed by atoms with Crippen LogP contribution in [0.2, 0.25) is 0 Å². The lowest BCUT2D eigenvalue weighted by Crippen LogP contribution is -2.46. The molecule has 2 aromatic carbocycles. The van der Waals surface area contributed by atoms with Gasteiger partial charge in [-0.2, -0.15) is 4.31 Å². The van der Waals surface area contributed by atoms with Crippen molar-refractivity contribution in [3.8, 4) is 5.75 Å². The zero-order chi connectivity index (χ0) is 20.5. The van der Waals surface area contributed by atoms with E-state index in [0.717, 1.165) is 9.87 Å². The Morgan fingerprint density at radius 1 is 1.14 bits per heavy atom. The molecule has 0 aromatic heterocycles. The van der Waals surface area contributed by atoms with Crippen molar-refractivity contribution in [2.75, 3.05) is 18.6 Å². The zero-order valence-corrected chi connectivity index (χ0v) is 17.3. The number of sulfonamides is 1. The summed E-state index contributed by atoms with van der Waals surface area (Å²) < 4.78 is 57.5. The Labute approximate surface area is 165 Å². The summed E-state index contributed by atoms with van der Waals surface area (Å²) in [5.41, 5.74) is 1.41. The maximum atomic E-state index is 13.6. The summed E-state index contributed by atoms with van der Waals surface area (Å²) >= 11 is 0. The molecule has 1 fully saturated rings. The number of aliphatic hydroxyl groups excluding tert-OH is 1. The molecule has 0 unspecified atom stereocenters. The highest BCUT2D eigenvalue weighted by atomic mass is 32.2. The quantitative estimate of drug-likeness (QED) is 0.750. The number of aliphatic hydroxyl groups is 1. The van der Waals surface area contributed by atoms with Crippen LogP contribution in [0.3, 0.4) is 0 Å². The van der Waals surface area contributed by atoms with E-state index in [1.165, 1.54) is 13.2 Å². The van der Waals surface area contributed by atoms with Gasteiger partial charge in [-0.3, -0.25) is 0 Å². The second-order valence-electron chi connectivity index (χ2n) is 6.90. The first-order chi connectivity index (χ1) is 13.1. The fourth-order valence-corrected chi connectivity index (χ4v) is 7.12.